The first kappa shape index (κ1) is 14.7. The van der Waals surface area contributed by atoms with E-state index in [4.69, 9.17) is 0 Å². The molecular formula is C14H15Br2NO2. The molecule has 1 atom stereocenters. The van der Waals surface area contributed by atoms with E-state index in [0.717, 1.165) is 4.47 Å². The minimum absolute atomic E-state index is 0.0708. The number of carbonyl (C=O) groups excluding carboxylic acids is 2. The average Bonchev–Trinajstić information content (AvgIpc) is 2.71. The summed E-state index contributed by atoms with van der Waals surface area (Å²) in [4.78, 5) is 25.8. The van der Waals surface area contributed by atoms with Gasteiger partial charge in [0.15, 0.2) is 0 Å². The molecule has 0 bridgehead atoms. The third-order valence-corrected chi connectivity index (χ3v) is 4.65. The number of likely N-dealkylation sites (tertiary alicyclic amines) is 1. The Balaban J connectivity index is 2.23. The van der Waals surface area contributed by atoms with Crippen LogP contribution in [-0.2, 0) is 4.79 Å². The SMILES string of the molecule is CC(C)C1CC(=O)N(C(=O)c2ccc(Br)cc2Br)C1. The monoisotopic (exact) mass is 387 g/mol. The van der Waals surface area contributed by atoms with E-state index in [-0.39, 0.29) is 17.7 Å². The van der Waals surface area contributed by atoms with Crippen molar-refractivity contribution in [2.24, 2.45) is 11.8 Å². The molecule has 2 amide bonds. The van der Waals surface area contributed by atoms with Crippen molar-refractivity contribution in [3.8, 4) is 0 Å². The van der Waals surface area contributed by atoms with Crippen molar-refractivity contribution in [1.29, 1.82) is 0 Å². The number of imide groups is 1. The van der Waals surface area contributed by atoms with Crippen LogP contribution in [0.1, 0.15) is 30.6 Å². The number of carbonyl (C=O) groups is 2. The first-order valence-electron chi connectivity index (χ1n) is 6.20. The van der Waals surface area contributed by atoms with Crippen molar-refractivity contribution in [3.63, 3.8) is 0 Å². The maximum absolute atomic E-state index is 12.4. The van der Waals surface area contributed by atoms with Crippen molar-refractivity contribution in [2.75, 3.05) is 6.54 Å². The first-order valence-corrected chi connectivity index (χ1v) is 7.78. The predicted molar refractivity (Wildman–Crippen MR) is 80.8 cm³/mol. The van der Waals surface area contributed by atoms with E-state index < -0.39 is 0 Å². The maximum atomic E-state index is 12.4. The van der Waals surface area contributed by atoms with Gasteiger partial charge in [0, 0.05) is 21.9 Å². The maximum Gasteiger partial charge on any atom is 0.261 e. The van der Waals surface area contributed by atoms with Crippen LogP contribution in [-0.4, -0.2) is 23.3 Å². The van der Waals surface area contributed by atoms with Crippen LogP contribution in [0.4, 0.5) is 0 Å². The van der Waals surface area contributed by atoms with Gasteiger partial charge in [0.25, 0.3) is 5.91 Å². The van der Waals surface area contributed by atoms with Crippen LogP contribution in [0.2, 0.25) is 0 Å². The van der Waals surface area contributed by atoms with Gasteiger partial charge in [-0.2, -0.15) is 0 Å². The van der Waals surface area contributed by atoms with Gasteiger partial charge < -0.3 is 0 Å². The minimum Gasteiger partial charge on any atom is -0.278 e. The summed E-state index contributed by atoms with van der Waals surface area (Å²) in [5.74, 6) is 0.395. The van der Waals surface area contributed by atoms with Gasteiger partial charge in [-0.1, -0.05) is 29.8 Å². The molecule has 0 aromatic heterocycles. The summed E-state index contributed by atoms with van der Waals surface area (Å²) >= 11 is 6.72. The molecule has 0 aliphatic carbocycles. The highest BCUT2D eigenvalue weighted by molar-refractivity contribution is 9.11. The Morgan fingerprint density at radius 2 is 2.05 bits per heavy atom. The molecule has 1 aliphatic heterocycles. The van der Waals surface area contributed by atoms with Gasteiger partial charge in [0.05, 0.1) is 5.56 Å². The summed E-state index contributed by atoms with van der Waals surface area (Å²) in [6.07, 6.45) is 0.470. The van der Waals surface area contributed by atoms with Crippen LogP contribution in [0.3, 0.4) is 0 Å². The number of rotatable bonds is 2. The molecule has 3 nitrogen and oxygen atoms in total. The molecular weight excluding hydrogens is 374 g/mol. The molecule has 2 rings (SSSR count). The first-order chi connectivity index (χ1) is 8.90. The lowest BCUT2D eigenvalue weighted by Gasteiger charge is -2.17. The van der Waals surface area contributed by atoms with E-state index in [9.17, 15) is 9.59 Å². The molecule has 0 spiro atoms. The largest absolute Gasteiger partial charge is 0.278 e. The number of nitrogens with zero attached hydrogens (tertiary/aromatic N) is 1. The highest BCUT2D eigenvalue weighted by Crippen LogP contribution is 2.29. The lowest BCUT2D eigenvalue weighted by atomic mass is 9.95. The fraction of sp³-hybridized carbons (Fsp3) is 0.429. The van der Waals surface area contributed by atoms with Crippen LogP contribution < -0.4 is 0 Å². The Hall–Kier alpha value is -0.680. The predicted octanol–water partition coefficient (Wildman–Crippen LogP) is 3.86. The van der Waals surface area contributed by atoms with Crippen molar-refractivity contribution < 1.29 is 9.59 Å². The number of hydrogen-bond donors (Lipinski definition) is 0. The molecule has 1 fully saturated rings. The smallest absolute Gasteiger partial charge is 0.261 e. The zero-order valence-electron chi connectivity index (χ0n) is 10.8. The van der Waals surface area contributed by atoms with Crippen molar-refractivity contribution in [1.82, 2.24) is 4.90 Å². The normalized spacial score (nSPS) is 19.3. The van der Waals surface area contributed by atoms with Crippen molar-refractivity contribution in [2.45, 2.75) is 20.3 Å². The van der Waals surface area contributed by atoms with Crippen molar-refractivity contribution in [3.05, 3.63) is 32.7 Å². The average molecular weight is 389 g/mol. The molecule has 1 aromatic carbocycles. The zero-order chi connectivity index (χ0) is 14.2. The third-order valence-electron chi connectivity index (χ3n) is 3.50. The van der Waals surface area contributed by atoms with Gasteiger partial charge in [-0.05, 0) is 46.0 Å². The van der Waals surface area contributed by atoms with Crippen LogP contribution in [0, 0.1) is 11.8 Å². The van der Waals surface area contributed by atoms with E-state index in [1.165, 1.54) is 4.90 Å². The summed E-state index contributed by atoms with van der Waals surface area (Å²) < 4.78 is 1.59. The van der Waals surface area contributed by atoms with Gasteiger partial charge in [0.2, 0.25) is 5.91 Å². The Labute approximate surface area is 129 Å². The van der Waals surface area contributed by atoms with Crippen LogP contribution in [0.15, 0.2) is 27.1 Å². The highest BCUT2D eigenvalue weighted by Gasteiger charge is 2.36. The van der Waals surface area contributed by atoms with Gasteiger partial charge in [-0.3, -0.25) is 14.5 Å². The van der Waals surface area contributed by atoms with Gasteiger partial charge >= 0.3 is 0 Å². The number of amides is 2. The van der Waals surface area contributed by atoms with E-state index >= 15 is 0 Å². The Morgan fingerprint density at radius 1 is 1.37 bits per heavy atom. The second kappa shape index (κ2) is 5.75. The fourth-order valence-electron chi connectivity index (χ4n) is 2.19. The Morgan fingerprint density at radius 3 is 2.58 bits per heavy atom. The van der Waals surface area contributed by atoms with E-state index in [1.54, 1.807) is 12.1 Å². The molecule has 0 radical (unpaired) electrons. The summed E-state index contributed by atoms with van der Waals surface area (Å²) in [5, 5.41) is 0. The fourth-order valence-corrected chi connectivity index (χ4v) is 3.40. The number of hydrogen-bond acceptors (Lipinski definition) is 2. The minimum atomic E-state index is -0.215. The molecule has 19 heavy (non-hydrogen) atoms. The molecule has 5 heteroatoms. The molecule has 1 unspecified atom stereocenters. The van der Waals surface area contributed by atoms with E-state index in [1.807, 2.05) is 6.07 Å². The quantitative estimate of drug-likeness (QED) is 0.721. The number of halogens is 2. The Bertz CT molecular complexity index is 528. The molecule has 1 aromatic rings. The summed E-state index contributed by atoms with van der Waals surface area (Å²) in [6.45, 7) is 4.70. The molecule has 0 saturated carbocycles. The van der Waals surface area contributed by atoms with Gasteiger partial charge in [0.1, 0.15) is 0 Å². The molecule has 1 aliphatic rings. The van der Waals surface area contributed by atoms with Crippen LogP contribution >= 0.6 is 31.9 Å². The lowest BCUT2D eigenvalue weighted by molar-refractivity contribution is -0.125. The molecule has 1 saturated heterocycles. The third kappa shape index (κ3) is 3.08. The second-order valence-electron chi connectivity index (χ2n) is 5.14. The summed E-state index contributed by atoms with van der Waals surface area (Å²) in [7, 11) is 0. The number of benzene rings is 1. The van der Waals surface area contributed by atoms with Crippen LogP contribution in [0.25, 0.3) is 0 Å². The second-order valence-corrected chi connectivity index (χ2v) is 6.91. The standard InChI is InChI=1S/C14H15Br2NO2/c1-8(2)9-5-13(18)17(7-9)14(19)11-4-3-10(15)6-12(11)16/h3-4,6,8-9H,5,7H2,1-2H3. The molecule has 0 N–H and O–H groups in total. The topological polar surface area (TPSA) is 37.4 Å². The van der Waals surface area contributed by atoms with Gasteiger partial charge in [-0.25, -0.2) is 0 Å². The van der Waals surface area contributed by atoms with Crippen molar-refractivity contribution >= 4 is 43.7 Å². The molecule has 1 heterocycles. The van der Waals surface area contributed by atoms with Gasteiger partial charge in [-0.15, -0.1) is 0 Å². The van der Waals surface area contributed by atoms with E-state index in [0.29, 0.717) is 28.9 Å². The molecule has 102 valence electrons. The lowest BCUT2D eigenvalue weighted by Crippen LogP contribution is -2.33. The van der Waals surface area contributed by atoms with Crippen LogP contribution in [0.5, 0.6) is 0 Å². The Kier molecular flexibility index (Phi) is 4.46. The summed E-state index contributed by atoms with van der Waals surface area (Å²) in [5.41, 5.74) is 0.529. The zero-order valence-corrected chi connectivity index (χ0v) is 14.0. The summed E-state index contributed by atoms with van der Waals surface area (Å²) in [6, 6.07) is 5.35. The van der Waals surface area contributed by atoms with E-state index in [2.05, 4.69) is 45.7 Å². The highest BCUT2D eigenvalue weighted by atomic mass is 79.9.